The van der Waals surface area contributed by atoms with Gasteiger partial charge in [0, 0.05) is 11.8 Å². The minimum atomic E-state index is -3.58. The number of likely N-dealkylation sites (N-methyl/N-ethyl adjacent to an activating group) is 1. The third-order valence-electron chi connectivity index (χ3n) is 4.69. The zero-order valence-corrected chi connectivity index (χ0v) is 16.8. The van der Waals surface area contributed by atoms with Gasteiger partial charge in [0.2, 0.25) is 0 Å². The molecule has 0 amide bonds. The number of benzene rings is 2. The second kappa shape index (κ2) is 8.69. The monoisotopic (exact) mass is 412 g/mol. The Morgan fingerprint density at radius 2 is 1.74 bits per heavy atom. The number of anilines is 1. The zero-order chi connectivity index (χ0) is 20.1. The maximum Gasteiger partial charge on any atom is 0.327 e. The Bertz CT molecular complexity index is 900. The third-order valence-corrected chi connectivity index (χ3v) is 7.60. The van der Waals surface area contributed by atoms with E-state index in [0.29, 0.717) is 31.9 Å². The zero-order valence-electron chi connectivity index (χ0n) is 15.3. The number of nitrogens with zero attached hydrogens (tertiary/aromatic N) is 2. The molecule has 146 valence electrons. The molecule has 0 spiro atoms. The Kier molecular flexibility index (Phi) is 6.80. The summed E-state index contributed by atoms with van der Waals surface area (Å²) in [6, 6.07) is 12.8. The molecule has 2 aromatic rings. The van der Waals surface area contributed by atoms with E-state index in [1.165, 1.54) is 12.1 Å². The van der Waals surface area contributed by atoms with Gasteiger partial charge in [0.05, 0.1) is 24.6 Å². The molecular formula is C18H23ClN3O4S+. The lowest BCUT2D eigenvalue weighted by Crippen LogP contribution is -2.54. The highest BCUT2D eigenvalue weighted by atomic mass is 35.5. The second-order valence-corrected chi connectivity index (χ2v) is 8.66. The van der Waals surface area contributed by atoms with Crippen LogP contribution in [0.2, 0.25) is 5.02 Å². The summed E-state index contributed by atoms with van der Waals surface area (Å²) in [7, 11) is -3.58. The molecule has 27 heavy (non-hydrogen) atoms. The van der Waals surface area contributed by atoms with Crippen molar-refractivity contribution in [3.63, 3.8) is 0 Å². The van der Waals surface area contributed by atoms with Crippen LogP contribution in [-0.4, -0.2) is 43.4 Å². The number of quaternary nitrogens is 1. The molecule has 0 saturated heterocycles. The molecular weight excluding hydrogens is 390 g/mol. The highest BCUT2D eigenvalue weighted by molar-refractivity contribution is 7.86. The highest BCUT2D eigenvalue weighted by Crippen LogP contribution is 2.28. The van der Waals surface area contributed by atoms with Gasteiger partial charge in [-0.1, -0.05) is 29.8 Å². The van der Waals surface area contributed by atoms with Gasteiger partial charge in [-0.25, -0.2) is 3.89 Å². The predicted molar refractivity (Wildman–Crippen MR) is 106 cm³/mol. The molecule has 0 aliphatic carbocycles. The molecule has 0 radical (unpaired) electrons. The molecule has 2 aromatic carbocycles. The summed E-state index contributed by atoms with van der Waals surface area (Å²) in [6.45, 7) is 5.17. The molecule has 7 nitrogen and oxygen atoms in total. The van der Waals surface area contributed by atoms with Crippen molar-refractivity contribution in [2.24, 2.45) is 0 Å². The number of nitro benzene ring substituents is 1. The lowest BCUT2D eigenvalue weighted by atomic mass is 10.3. The van der Waals surface area contributed by atoms with Crippen LogP contribution in [0.25, 0.3) is 0 Å². The third kappa shape index (κ3) is 4.40. The predicted octanol–water partition coefficient (Wildman–Crippen LogP) is 3.91. The van der Waals surface area contributed by atoms with E-state index in [2.05, 4.69) is 5.32 Å². The van der Waals surface area contributed by atoms with Crippen LogP contribution in [0.3, 0.4) is 0 Å². The first-order valence-corrected chi connectivity index (χ1v) is 10.4. The van der Waals surface area contributed by atoms with Gasteiger partial charge < -0.3 is 5.32 Å². The van der Waals surface area contributed by atoms with E-state index < -0.39 is 14.9 Å². The topological polar surface area (TPSA) is 89.3 Å². The average Bonchev–Trinajstić information content (AvgIpc) is 2.67. The first-order valence-electron chi connectivity index (χ1n) is 8.61. The van der Waals surface area contributed by atoms with Gasteiger partial charge in [-0.15, -0.1) is 0 Å². The fourth-order valence-electron chi connectivity index (χ4n) is 2.98. The minimum absolute atomic E-state index is 0.0597. The van der Waals surface area contributed by atoms with Crippen molar-refractivity contribution < 1.29 is 17.2 Å². The number of hydrogen-bond donors (Lipinski definition) is 1. The molecule has 0 aliphatic rings. The number of hydrogen-bond acceptors (Lipinski definition) is 5. The molecule has 0 bridgehead atoms. The fraction of sp³-hybridized carbons (Fsp3) is 0.333. The number of rotatable bonds is 9. The van der Waals surface area contributed by atoms with Gasteiger partial charge in [-0.05, 0) is 38.1 Å². The lowest BCUT2D eigenvalue weighted by molar-refractivity contribution is -0.800. The Balaban J connectivity index is 2.20. The molecule has 2 rings (SSSR count). The Hall–Kier alpha value is -2.16. The lowest BCUT2D eigenvalue weighted by Gasteiger charge is -2.35. The van der Waals surface area contributed by atoms with Crippen molar-refractivity contribution in [1.82, 2.24) is 0 Å². The Labute approximate surface area is 164 Å². The maximum absolute atomic E-state index is 13.2. The van der Waals surface area contributed by atoms with Crippen molar-refractivity contribution in [3.8, 4) is 0 Å². The summed E-state index contributed by atoms with van der Waals surface area (Å²) < 4.78 is 26.3. The van der Waals surface area contributed by atoms with Crippen LogP contribution in [0.4, 0.5) is 11.4 Å². The summed E-state index contributed by atoms with van der Waals surface area (Å²) in [5, 5.41) is 14.1. The number of halogens is 1. The SMILES string of the molecule is CC[N+](CC)(CCNc1ccc(Cl)c([N+](=O)[O-])c1)S(=O)(=O)c1ccccc1. The van der Waals surface area contributed by atoms with Crippen LogP contribution in [0.1, 0.15) is 13.8 Å². The van der Waals surface area contributed by atoms with Crippen LogP contribution < -0.4 is 5.32 Å². The number of nitro groups is 1. The molecule has 9 heteroatoms. The highest BCUT2D eigenvalue weighted by Gasteiger charge is 2.39. The molecule has 0 saturated carbocycles. The Morgan fingerprint density at radius 1 is 1.11 bits per heavy atom. The largest absolute Gasteiger partial charge is 0.379 e. The minimum Gasteiger partial charge on any atom is -0.379 e. The number of nitrogens with one attached hydrogen (secondary N) is 1. The normalized spacial score (nSPS) is 12.0. The van der Waals surface area contributed by atoms with Gasteiger partial charge >= 0.3 is 10.0 Å². The van der Waals surface area contributed by atoms with Crippen LogP contribution in [0, 0.1) is 10.1 Å². The standard InChI is InChI=1S/C18H23ClN3O4S/c1-3-22(4-2,27(25,26)16-8-6-5-7-9-16)13-12-20-15-10-11-17(19)18(14-15)21(23)24/h5-11,14,20H,3-4,12-13H2,1-2H3/q+1. The second-order valence-electron chi connectivity index (χ2n) is 6.05. The van der Waals surface area contributed by atoms with Crippen molar-refractivity contribution in [2.75, 3.05) is 31.5 Å². The van der Waals surface area contributed by atoms with Gasteiger partial charge in [0.1, 0.15) is 16.5 Å². The first-order chi connectivity index (χ1) is 12.8. The van der Waals surface area contributed by atoms with E-state index in [-0.39, 0.29) is 19.5 Å². The summed E-state index contributed by atoms with van der Waals surface area (Å²) in [5.41, 5.74) is 0.332. The van der Waals surface area contributed by atoms with Crippen LogP contribution in [0.15, 0.2) is 53.4 Å². The smallest absolute Gasteiger partial charge is 0.327 e. The molecule has 0 fully saturated rings. The van der Waals surface area contributed by atoms with E-state index in [1.807, 2.05) is 13.8 Å². The summed E-state index contributed by atoms with van der Waals surface area (Å²) >= 11 is 5.82. The number of sulfonamides is 1. The quantitative estimate of drug-likeness (QED) is 0.383. The van der Waals surface area contributed by atoms with E-state index >= 15 is 0 Å². The molecule has 0 heterocycles. The van der Waals surface area contributed by atoms with Crippen molar-refractivity contribution in [2.45, 2.75) is 18.7 Å². The molecule has 0 aromatic heterocycles. The molecule has 0 atom stereocenters. The molecule has 0 aliphatic heterocycles. The summed E-state index contributed by atoms with van der Waals surface area (Å²) in [5.74, 6) is 0. The summed E-state index contributed by atoms with van der Waals surface area (Å²) in [4.78, 5) is 10.7. The molecule has 0 unspecified atom stereocenters. The van der Waals surface area contributed by atoms with Gasteiger partial charge in [-0.2, -0.15) is 8.42 Å². The van der Waals surface area contributed by atoms with Gasteiger partial charge in [0.25, 0.3) is 5.69 Å². The van der Waals surface area contributed by atoms with Crippen molar-refractivity contribution >= 4 is 33.0 Å². The fourth-order valence-corrected chi connectivity index (χ4v) is 5.13. The van der Waals surface area contributed by atoms with Crippen LogP contribution in [0.5, 0.6) is 0 Å². The van der Waals surface area contributed by atoms with Gasteiger partial charge in [-0.3, -0.25) is 10.1 Å². The van der Waals surface area contributed by atoms with E-state index in [9.17, 15) is 18.5 Å². The van der Waals surface area contributed by atoms with E-state index in [0.717, 1.165) is 0 Å². The summed E-state index contributed by atoms with van der Waals surface area (Å²) in [6.07, 6.45) is 0. The van der Waals surface area contributed by atoms with Crippen LogP contribution in [-0.2, 0) is 10.0 Å². The Morgan fingerprint density at radius 3 is 2.30 bits per heavy atom. The van der Waals surface area contributed by atoms with Crippen molar-refractivity contribution in [1.29, 1.82) is 0 Å². The first kappa shape index (κ1) is 21.1. The van der Waals surface area contributed by atoms with E-state index in [4.69, 9.17) is 11.6 Å². The van der Waals surface area contributed by atoms with Gasteiger partial charge in [0.15, 0.2) is 0 Å². The molecule has 1 N–H and O–H groups in total. The maximum atomic E-state index is 13.2. The van der Waals surface area contributed by atoms with Crippen molar-refractivity contribution in [3.05, 3.63) is 63.7 Å². The average molecular weight is 413 g/mol. The van der Waals surface area contributed by atoms with E-state index in [1.54, 1.807) is 36.4 Å². The van der Waals surface area contributed by atoms with Crippen LogP contribution >= 0.6 is 11.6 Å².